The zero-order valence-electron chi connectivity index (χ0n) is 20.0. The minimum Gasteiger partial charge on any atom is -0.478 e. The van der Waals surface area contributed by atoms with Crippen molar-refractivity contribution in [3.63, 3.8) is 0 Å². The molecule has 2 atom stereocenters. The van der Waals surface area contributed by atoms with Crippen LogP contribution in [0.25, 0.3) is 0 Å². The van der Waals surface area contributed by atoms with Gasteiger partial charge in [0, 0.05) is 24.8 Å². The summed E-state index contributed by atoms with van der Waals surface area (Å²) in [6.45, 7) is 7.98. The molecule has 2 aliphatic rings. The van der Waals surface area contributed by atoms with Crippen LogP contribution < -0.4 is 15.4 Å². The standard InChI is InChI=1S/C25H31N3O5S/c1-5-21-25(30)27-20-12-17(4)23(13-22(20)33-21)34(31,32)28-10-6-7-18(14-28)24(29)26-19-9-8-15(2)16(3)11-19/h8-9,11-13,18,21H,5-7,10,14H2,1-4H3,(H,26,29)(H,27,30)/t18-,21+/m1/s1. The number of fused-ring (bicyclic) bond motifs is 1. The Labute approximate surface area is 200 Å². The van der Waals surface area contributed by atoms with E-state index in [1.165, 1.54) is 10.4 Å². The summed E-state index contributed by atoms with van der Waals surface area (Å²) in [5, 5.41) is 5.73. The first-order chi connectivity index (χ1) is 16.1. The number of nitrogens with zero attached hydrogens (tertiary/aromatic N) is 1. The molecule has 2 aliphatic heterocycles. The first-order valence-electron chi connectivity index (χ1n) is 11.6. The highest BCUT2D eigenvalue weighted by molar-refractivity contribution is 7.89. The van der Waals surface area contributed by atoms with Gasteiger partial charge in [0.25, 0.3) is 5.91 Å². The molecular formula is C25H31N3O5S. The van der Waals surface area contributed by atoms with Crippen molar-refractivity contribution < 1.29 is 22.7 Å². The third-order valence-corrected chi connectivity index (χ3v) is 8.62. The zero-order valence-corrected chi connectivity index (χ0v) is 20.8. The van der Waals surface area contributed by atoms with Gasteiger partial charge in [0.2, 0.25) is 15.9 Å². The molecule has 1 fully saturated rings. The van der Waals surface area contributed by atoms with Crippen LogP contribution in [0.4, 0.5) is 11.4 Å². The molecule has 0 unspecified atom stereocenters. The predicted molar refractivity (Wildman–Crippen MR) is 131 cm³/mol. The molecule has 0 bridgehead atoms. The van der Waals surface area contributed by atoms with Gasteiger partial charge in [-0.1, -0.05) is 13.0 Å². The van der Waals surface area contributed by atoms with Crippen LogP contribution in [0.3, 0.4) is 0 Å². The zero-order chi connectivity index (χ0) is 24.6. The quantitative estimate of drug-likeness (QED) is 0.671. The number of amides is 2. The largest absolute Gasteiger partial charge is 0.478 e. The van der Waals surface area contributed by atoms with Gasteiger partial charge in [0.1, 0.15) is 5.75 Å². The van der Waals surface area contributed by atoms with Crippen LogP contribution in [0, 0.1) is 26.7 Å². The van der Waals surface area contributed by atoms with E-state index in [0.29, 0.717) is 48.5 Å². The third-order valence-electron chi connectivity index (χ3n) is 6.61. The number of carbonyl (C=O) groups excluding carboxylic acids is 2. The molecule has 0 aliphatic carbocycles. The van der Waals surface area contributed by atoms with Crippen LogP contribution >= 0.6 is 0 Å². The van der Waals surface area contributed by atoms with E-state index < -0.39 is 22.0 Å². The molecule has 0 spiro atoms. The highest BCUT2D eigenvalue weighted by Crippen LogP contribution is 2.36. The van der Waals surface area contributed by atoms with E-state index in [2.05, 4.69) is 10.6 Å². The second-order valence-corrected chi connectivity index (χ2v) is 11.0. The molecule has 8 nitrogen and oxygen atoms in total. The molecule has 2 heterocycles. The highest BCUT2D eigenvalue weighted by Gasteiger charge is 2.36. The van der Waals surface area contributed by atoms with Crippen LogP contribution in [-0.4, -0.2) is 43.7 Å². The van der Waals surface area contributed by atoms with Crippen LogP contribution in [0.5, 0.6) is 5.75 Å². The first kappa shape index (κ1) is 24.2. The van der Waals surface area contributed by atoms with Crippen molar-refractivity contribution in [2.24, 2.45) is 5.92 Å². The number of aryl methyl sites for hydroxylation is 3. The Morgan fingerprint density at radius 1 is 1.15 bits per heavy atom. The Morgan fingerprint density at radius 3 is 2.62 bits per heavy atom. The number of nitrogens with one attached hydrogen (secondary N) is 2. The van der Waals surface area contributed by atoms with Gasteiger partial charge in [0.05, 0.1) is 16.5 Å². The second-order valence-electron chi connectivity index (χ2n) is 9.11. The summed E-state index contributed by atoms with van der Waals surface area (Å²) in [4.78, 5) is 25.2. The summed E-state index contributed by atoms with van der Waals surface area (Å²) in [7, 11) is -3.85. The lowest BCUT2D eigenvalue weighted by Gasteiger charge is -2.32. The van der Waals surface area contributed by atoms with Crippen molar-refractivity contribution in [3.8, 4) is 5.75 Å². The van der Waals surface area contributed by atoms with Gasteiger partial charge >= 0.3 is 0 Å². The van der Waals surface area contributed by atoms with E-state index in [1.54, 1.807) is 13.0 Å². The molecule has 4 rings (SSSR count). The number of piperidine rings is 1. The smallest absolute Gasteiger partial charge is 0.265 e. The number of hydrogen-bond acceptors (Lipinski definition) is 5. The molecule has 2 aromatic carbocycles. The molecule has 182 valence electrons. The van der Waals surface area contributed by atoms with Crippen molar-refractivity contribution in [2.75, 3.05) is 23.7 Å². The second kappa shape index (κ2) is 9.38. The predicted octanol–water partition coefficient (Wildman–Crippen LogP) is 3.76. The molecule has 34 heavy (non-hydrogen) atoms. The normalized spacial score (nSPS) is 20.8. The van der Waals surface area contributed by atoms with Gasteiger partial charge in [0.15, 0.2) is 6.10 Å². The van der Waals surface area contributed by atoms with Crippen molar-refractivity contribution >= 4 is 33.2 Å². The lowest BCUT2D eigenvalue weighted by Crippen LogP contribution is -2.44. The van der Waals surface area contributed by atoms with Gasteiger partial charge in [-0.25, -0.2) is 8.42 Å². The lowest BCUT2D eigenvalue weighted by molar-refractivity contribution is -0.123. The van der Waals surface area contributed by atoms with Crippen molar-refractivity contribution in [2.45, 2.75) is 58.0 Å². The van der Waals surface area contributed by atoms with E-state index in [1.807, 2.05) is 39.0 Å². The number of sulfonamides is 1. The Kier molecular flexibility index (Phi) is 6.69. The van der Waals surface area contributed by atoms with Gasteiger partial charge in [-0.05, 0) is 74.9 Å². The summed E-state index contributed by atoms with van der Waals surface area (Å²) in [6, 6.07) is 8.84. The summed E-state index contributed by atoms with van der Waals surface area (Å²) in [5.41, 5.74) is 3.91. The summed E-state index contributed by atoms with van der Waals surface area (Å²) in [6.07, 6.45) is 1.04. The molecular weight excluding hydrogens is 454 g/mol. The maximum Gasteiger partial charge on any atom is 0.265 e. The summed E-state index contributed by atoms with van der Waals surface area (Å²) in [5.74, 6) is -0.513. The molecule has 9 heteroatoms. The Balaban J connectivity index is 1.54. The fraction of sp³-hybridized carbons (Fsp3) is 0.440. The third kappa shape index (κ3) is 4.67. The topological polar surface area (TPSA) is 105 Å². The summed E-state index contributed by atoms with van der Waals surface area (Å²) < 4.78 is 34.3. The fourth-order valence-corrected chi connectivity index (χ4v) is 6.15. The van der Waals surface area contributed by atoms with Gasteiger partial charge < -0.3 is 15.4 Å². The minimum absolute atomic E-state index is 0.116. The number of rotatable bonds is 5. The molecule has 0 radical (unpaired) electrons. The number of benzene rings is 2. The van der Waals surface area contributed by atoms with Gasteiger partial charge in [-0.15, -0.1) is 0 Å². The number of anilines is 2. The molecule has 2 amide bonds. The number of carbonyl (C=O) groups is 2. The van der Waals surface area contributed by atoms with Crippen LogP contribution in [0.15, 0.2) is 35.2 Å². The van der Waals surface area contributed by atoms with Crippen molar-refractivity contribution in [1.29, 1.82) is 0 Å². The van der Waals surface area contributed by atoms with Crippen molar-refractivity contribution in [3.05, 3.63) is 47.0 Å². The van der Waals surface area contributed by atoms with Crippen LogP contribution in [-0.2, 0) is 19.6 Å². The van der Waals surface area contributed by atoms with Crippen LogP contribution in [0.1, 0.15) is 42.9 Å². The minimum atomic E-state index is -3.85. The number of hydrogen-bond donors (Lipinski definition) is 2. The molecule has 2 N–H and O–H groups in total. The lowest BCUT2D eigenvalue weighted by atomic mass is 9.98. The Morgan fingerprint density at radius 2 is 1.91 bits per heavy atom. The summed E-state index contributed by atoms with van der Waals surface area (Å²) >= 11 is 0. The Bertz CT molecular complexity index is 1240. The maximum absolute atomic E-state index is 13.6. The van der Waals surface area contributed by atoms with E-state index >= 15 is 0 Å². The van der Waals surface area contributed by atoms with Gasteiger partial charge in [-0.2, -0.15) is 4.31 Å². The van der Waals surface area contributed by atoms with E-state index in [4.69, 9.17) is 4.74 Å². The molecule has 1 saturated heterocycles. The SMILES string of the molecule is CC[C@@H]1Oc2cc(S(=O)(=O)N3CCC[C@@H](C(=O)Nc4ccc(C)c(C)c4)C3)c(C)cc2NC1=O. The average Bonchev–Trinajstić information content (AvgIpc) is 2.80. The molecule has 0 aromatic heterocycles. The van der Waals surface area contributed by atoms with Gasteiger partial charge in [-0.3, -0.25) is 9.59 Å². The molecule has 0 saturated carbocycles. The van der Waals surface area contributed by atoms with E-state index in [9.17, 15) is 18.0 Å². The number of ether oxygens (including phenoxy) is 1. The van der Waals surface area contributed by atoms with E-state index in [-0.39, 0.29) is 23.3 Å². The van der Waals surface area contributed by atoms with E-state index in [0.717, 1.165) is 11.1 Å². The monoisotopic (exact) mass is 485 g/mol. The average molecular weight is 486 g/mol. The Hall–Kier alpha value is -2.91. The first-order valence-corrected chi connectivity index (χ1v) is 13.0. The maximum atomic E-state index is 13.6. The van der Waals surface area contributed by atoms with Crippen molar-refractivity contribution in [1.82, 2.24) is 4.31 Å². The molecule has 2 aromatic rings. The highest BCUT2D eigenvalue weighted by atomic mass is 32.2. The van der Waals surface area contributed by atoms with Crippen LogP contribution in [0.2, 0.25) is 0 Å². The fourth-order valence-electron chi connectivity index (χ4n) is 4.41.